The van der Waals surface area contributed by atoms with Crippen LogP contribution >= 0.6 is 0 Å². The largest absolute Gasteiger partial charge is 0.465 e. The summed E-state index contributed by atoms with van der Waals surface area (Å²) in [5.74, 6) is 0. The van der Waals surface area contributed by atoms with Gasteiger partial charge in [-0.25, -0.2) is 4.79 Å². The van der Waals surface area contributed by atoms with Crippen LogP contribution in [-0.4, -0.2) is 39.9 Å². The molecule has 0 aromatic rings. The van der Waals surface area contributed by atoms with Gasteiger partial charge >= 0.3 is 6.09 Å². The molecule has 2 N–H and O–H groups in total. The zero-order chi connectivity index (χ0) is 7.02. The molecule has 1 aliphatic rings. The van der Waals surface area contributed by atoms with E-state index in [2.05, 4.69) is 0 Å². The average Bonchev–Trinajstić information content (AvgIpc) is 1.81. The lowest BCUT2D eigenvalue weighted by atomic mass is 10.0. The Labute approximate surface area is 52.7 Å². The van der Waals surface area contributed by atoms with E-state index in [1.165, 1.54) is 4.90 Å². The fourth-order valence-corrected chi connectivity index (χ4v) is 0.842. The number of amides is 1. The number of aliphatic hydroxyl groups excluding tert-OH is 1. The van der Waals surface area contributed by atoms with Crippen molar-refractivity contribution in [3.63, 3.8) is 0 Å². The van der Waals surface area contributed by atoms with E-state index in [0.29, 0.717) is 0 Å². The molecule has 1 amide bonds. The van der Waals surface area contributed by atoms with Crippen molar-refractivity contribution in [1.82, 2.24) is 4.90 Å². The zero-order valence-corrected chi connectivity index (χ0v) is 5.11. The lowest BCUT2D eigenvalue weighted by Gasteiger charge is -2.40. The standard InChI is InChI=1S/C5H9NO3/c1-3-4(7)2-6(3)5(8)9/h3-4,7H,2H2,1H3,(H,8,9)/t3-,4-/m1/s1. The highest BCUT2D eigenvalue weighted by molar-refractivity contribution is 5.66. The molecule has 0 bridgehead atoms. The minimum atomic E-state index is -0.951. The van der Waals surface area contributed by atoms with Crippen LogP contribution in [0.15, 0.2) is 0 Å². The van der Waals surface area contributed by atoms with Crippen molar-refractivity contribution in [1.29, 1.82) is 0 Å². The topological polar surface area (TPSA) is 60.8 Å². The van der Waals surface area contributed by atoms with Crippen molar-refractivity contribution in [3.8, 4) is 0 Å². The molecule has 4 nitrogen and oxygen atoms in total. The van der Waals surface area contributed by atoms with Crippen LogP contribution in [0.5, 0.6) is 0 Å². The summed E-state index contributed by atoms with van der Waals surface area (Å²) in [5, 5.41) is 17.2. The monoisotopic (exact) mass is 131 g/mol. The Bertz CT molecular complexity index is 136. The molecule has 0 radical (unpaired) electrons. The van der Waals surface area contributed by atoms with Crippen LogP contribution in [0.3, 0.4) is 0 Å². The van der Waals surface area contributed by atoms with Gasteiger partial charge in [0.1, 0.15) is 0 Å². The number of likely N-dealkylation sites (tertiary alicyclic amines) is 1. The molecule has 0 spiro atoms. The van der Waals surface area contributed by atoms with E-state index in [1.807, 2.05) is 0 Å². The third kappa shape index (κ3) is 0.853. The lowest BCUT2D eigenvalue weighted by molar-refractivity contribution is -0.0376. The van der Waals surface area contributed by atoms with Gasteiger partial charge in [0.25, 0.3) is 0 Å². The Balaban J connectivity index is 2.42. The second-order valence-corrected chi connectivity index (χ2v) is 2.24. The van der Waals surface area contributed by atoms with Gasteiger partial charge < -0.3 is 15.1 Å². The minimum absolute atomic E-state index is 0.220. The fourth-order valence-electron chi connectivity index (χ4n) is 0.842. The van der Waals surface area contributed by atoms with Crippen molar-refractivity contribution in [3.05, 3.63) is 0 Å². The number of aliphatic hydroxyl groups is 1. The Hall–Kier alpha value is -0.770. The highest BCUT2D eigenvalue weighted by atomic mass is 16.4. The number of rotatable bonds is 0. The molecule has 1 saturated heterocycles. The number of nitrogens with zero attached hydrogens (tertiary/aromatic N) is 1. The lowest BCUT2D eigenvalue weighted by Crippen LogP contribution is -2.60. The van der Waals surface area contributed by atoms with Gasteiger partial charge in [-0.05, 0) is 6.92 Å². The molecule has 0 saturated carbocycles. The first-order valence-corrected chi connectivity index (χ1v) is 2.80. The van der Waals surface area contributed by atoms with E-state index in [9.17, 15) is 4.79 Å². The fraction of sp³-hybridized carbons (Fsp3) is 0.800. The first kappa shape index (κ1) is 6.35. The number of hydrogen-bond acceptors (Lipinski definition) is 2. The summed E-state index contributed by atoms with van der Waals surface area (Å²) in [4.78, 5) is 11.4. The van der Waals surface area contributed by atoms with E-state index in [1.54, 1.807) is 6.92 Å². The van der Waals surface area contributed by atoms with Crippen LogP contribution in [0.2, 0.25) is 0 Å². The van der Waals surface area contributed by atoms with Gasteiger partial charge in [0.05, 0.1) is 18.7 Å². The number of β-amino-alcohol motifs (C(OH)–C–C–N with tert-alkyl or cyclic N) is 1. The molecule has 9 heavy (non-hydrogen) atoms. The van der Waals surface area contributed by atoms with E-state index in [4.69, 9.17) is 10.2 Å². The molecule has 0 aliphatic carbocycles. The van der Waals surface area contributed by atoms with Crippen molar-refractivity contribution >= 4 is 6.09 Å². The highest BCUT2D eigenvalue weighted by Crippen LogP contribution is 2.16. The Morgan fingerprint density at radius 2 is 2.33 bits per heavy atom. The molecule has 52 valence electrons. The summed E-state index contributed by atoms with van der Waals surface area (Å²) < 4.78 is 0. The van der Waals surface area contributed by atoms with Gasteiger partial charge in [-0.15, -0.1) is 0 Å². The summed E-state index contributed by atoms with van der Waals surface area (Å²) in [6.07, 6.45) is -1.41. The minimum Gasteiger partial charge on any atom is -0.465 e. The van der Waals surface area contributed by atoms with Gasteiger partial charge in [-0.1, -0.05) is 0 Å². The van der Waals surface area contributed by atoms with Gasteiger partial charge in [0.2, 0.25) is 0 Å². The number of hydrogen-bond donors (Lipinski definition) is 2. The molecular formula is C5H9NO3. The molecule has 1 fully saturated rings. The van der Waals surface area contributed by atoms with Crippen LogP contribution < -0.4 is 0 Å². The second kappa shape index (κ2) is 1.88. The van der Waals surface area contributed by atoms with Gasteiger partial charge in [0, 0.05) is 0 Å². The quantitative estimate of drug-likeness (QED) is 0.475. The number of carboxylic acid groups (broad SMARTS) is 1. The van der Waals surface area contributed by atoms with Gasteiger partial charge in [0.15, 0.2) is 0 Å². The van der Waals surface area contributed by atoms with Crippen molar-refractivity contribution < 1.29 is 15.0 Å². The van der Waals surface area contributed by atoms with Crippen LogP contribution in [0.25, 0.3) is 0 Å². The summed E-state index contributed by atoms with van der Waals surface area (Å²) in [6.45, 7) is 1.94. The maximum Gasteiger partial charge on any atom is 0.407 e. The summed E-state index contributed by atoms with van der Waals surface area (Å²) >= 11 is 0. The van der Waals surface area contributed by atoms with Gasteiger partial charge in [-0.3, -0.25) is 0 Å². The molecule has 2 atom stereocenters. The van der Waals surface area contributed by atoms with Crippen molar-refractivity contribution in [2.24, 2.45) is 0 Å². The average molecular weight is 131 g/mol. The van der Waals surface area contributed by atoms with Crippen LogP contribution in [0.1, 0.15) is 6.92 Å². The Morgan fingerprint density at radius 3 is 2.44 bits per heavy atom. The predicted octanol–water partition coefficient (Wildman–Crippen LogP) is -0.271. The number of carbonyl (C=O) groups is 1. The van der Waals surface area contributed by atoms with Crippen molar-refractivity contribution in [2.45, 2.75) is 19.1 Å². The molecule has 1 aliphatic heterocycles. The molecule has 1 rings (SSSR count). The Morgan fingerprint density at radius 1 is 1.78 bits per heavy atom. The maximum atomic E-state index is 10.2. The third-order valence-electron chi connectivity index (χ3n) is 1.68. The molecule has 0 unspecified atom stereocenters. The summed E-state index contributed by atoms with van der Waals surface area (Å²) in [5.41, 5.74) is 0. The van der Waals surface area contributed by atoms with E-state index < -0.39 is 12.2 Å². The van der Waals surface area contributed by atoms with Crippen LogP contribution in [-0.2, 0) is 0 Å². The van der Waals surface area contributed by atoms with Gasteiger partial charge in [-0.2, -0.15) is 0 Å². The molecular weight excluding hydrogens is 122 g/mol. The summed E-state index contributed by atoms with van der Waals surface area (Å²) in [7, 11) is 0. The molecule has 4 heteroatoms. The van der Waals surface area contributed by atoms with Crippen molar-refractivity contribution in [2.75, 3.05) is 6.54 Å². The predicted molar refractivity (Wildman–Crippen MR) is 30.2 cm³/mol. The van der Waals surface area contributed by atoms with E-state index in [-0.39, 0.29) is 12.6 Å². The smallest absolute Gasteiger partial charge is 0.407 e. The summed E-state index contributed by atoms with van der Waals surface area (Å²) in [6, 6.07) is -0.220. The third-order valence-corrected chi connectivity index (χ3v) is 1.68. The van der Waals surface area contributed by atoms with E-state index >= 15 is 0 Å². The first-order valence-electron chi connectivity index (χ1n) is 2.80. The SMILES string of the molecule is C[C@@H]1[C@H](O)CN1C(=O)O. The first-order chi connectivity index (χ1) is 4.13. The van der Waals surface area contributed by atoms with Crippen LogP contribution in [0.4, 0.5) is 4.79 Å². The van der Waals surface area contributed by atoms with E-state index in [0.717, 1.165) is 0 Å². The normalized spacial score (nSPS) is 33.8. The zero-order valence-electron chi connectivity index (χ0n) is 5.11. The Kier molecular flexibility index (Phi) is 1.32. The maximum absolute atomic E-state index is 10.2. The molecule has 0 aromatic heterocycles. The highest BCUT2D eigenvalue weighted by Gasteiger charge is 2.36. The van der Waals surface area contributed by atoms with Crippen LogP contribution in [0, 0.1) is 0 Å². The molecule has 1 heterocycles. The molecule has 0 aromatic carbocycles. The second-order valence-electron chi connectivity index (χ2n) is 2.24.